The summed E-state index contributed by atoms with van der Waals surface area (Å²) in [6.07, 6.45) is 1.76. The van der Waals surface area contributed by atoms with Gasteiger partial charge in [0.2, 0.25) is 0 Å². The predicted molar refractivity (Wildman–Crippen MR) is 94.4 cm³/mol. The largest absolute Gasteiger partial charge is 0.370 e. The lowest BCUT2D eigenvalue weighted by atomic mass is 10.1. The van der Waals surface area contributed by atoms with Gasteiger partial charge in [0, 0.05) is 24.3 Å². The van der Waals surface area contributed by atoms with Crippen molar-refractivity contribution in [1.82, 2.24) is 15.0 Å². The summed E-state index contributed by atoms with van der Waals surface area (Å²) < 4.78 is 5.95. The molecule has 6 heteroatoms. The second-order valence-electron chi connectivity index (χ2n) is 5.83. The van der Waals surface area contributed by atoms with E-state index in [1.807, 2.05) is 43.3 Å². The Morgan fingerprint density at radius 1 is 1.17 bits per heavy atom. The fraction of sp³-hybridized carbons (Fsp3) is 0.278. The van der Waals surface area contributed by atoms with Crippen molar-refractivity contribution in [2.24, 2.45) is 0 Å². The van der Waals surface area contributed by atoms with E-state index in [2.05, 4.69) is 19.9 Å². The molecule has 0 N–H and O–H groups in total. The number of nitrogens with zero attached hydrogens (tertiary/aromatic N) is 4. The van der Waals surface area contributed by atoms with E-state index in [9.17, 15) is 0 Å². The Morgan fingerprint density at radius 3 is 2.83 bits per heavy atom. The van der Waals surface area contributed by atoms with Gasteiger partial charge in [-0.25, -0.2) is 15.0 Å². The summed E-state index contributed by atoms with van der Waals surface area (Å²) in [4.78, 5) is 15.7. The molecule has 0 radical (unpaired) electrons. The number of benzene rings is 1. The summed E-state index contributed by atoms with van der Waals surface area (Å²) in [6, 6.07) is 11.8. The van der Waals surface area contributed by atoms with E-state index in [0.717, 1.165) is 46.4 Å². The van der Waals surface area contributed by atoms with Crippen LogP contribution in [0.15, 0.2) is 42.6 Å². The molecule has 122 valence electrons. The summed E-state index contributed by atoms with van der Waals surface area (Å²) in [5.41, 5.74) is 1.85. The van der Waals surface area contributed by atoms with Gasteiger partial charge in [-0.2, -0.15) is 0 Å². The average molecular weight is 341 g/mol. The smallest absolute Gasteiger partial charge is 0.164 e. The van der Waals surface area contributed by atoms with Crippen molar-refractivity contribution >= 4 is 28.5 Å². The first-order valence-electron chi connectivity index (χ1n) is 7.92. The van der Waals surface area contributed by atoms with E-state index >= 15 is 0 Å². The number of anilines is 1. The fourth-order valence-electron chi connectivity index (χ4n) is 3.01. The number of hydrogen-bond acceptors (Lipinski definition) is 5. The van der Waals surface area contributed by atoms with Gasteiger partial charge in [-0.3, -0.25) is 0 Å². The number of aromatic nitrogens is 3. The highest BCUT2D eigenvalue weighted by atomic mass is 35.5. The lowest BCUT2D eigenvalue weighted by Crippen LogP contribution is -2.39. The van der Waals surface area contributed by atoms with Gasteiger partial charge in [-0.05, 0) is 36.8 Å². The zero-order chi connectivity index (χ0) is 16.5. The molecule has 0 spiro atoms. The molecule has 0 saturated carbocycles. The number of halogens is 1. The molecule has 1 atom stereocenters. The highest BCUT2D eigenvalue weighted by molar-refractivity contribution is 6.30. The SMILES string of the molecule is Cc1nc(N2CCO[C@H](c3ccc(Cl)cc3)C2)c2cccnc2n1. The predicted octanol–water partition coefficient (Wildman–Crippen LogP) is 3.56. The Hall–Kier alpha value is -2.24. The molecule has 5 nitrogen and oxygen atoms in total. The molecule has 1 aromatic carbocycles. The van der Waals surface area contributed by atoms with Gasteiger partial charge in [0.1, 0.15) is 17.7 Å². The number of rotatable bonds is 2. The molecule has 0 bridgehead atoms. The van der Waals surface area contributed by atoms with Crippen LogP contribution in [-0.2, 0) is 4.74 Å². The topological polar surface area (TPSA) is 51.1 Å². The van der Waals surface area contributed by atoms with Crippen LogP contribution >= 0.6 is 11.6 Å². The van der Waals surface area contributed by atoms with E-state index < -0.39 is 0 Å². The zero-order valence-corrected chi connectivity index (χ0v) is 14.1. The molecule has 2 aromatic heterocycles. The van der Waals surface area contributed by atoms with Crippen molar-refractivity contribution < 1.29 is 4.74 Å². The maximum atomic E-state index is 5.98. The third kappa shape index (κ3) is 2.92. The van der Waals surface area contributed by atoms with Crippen molar-refractivity contribution in [2.75, 3.05) is 24.6 Å². The van der Waals surface area contributed by atoms with Gasteiger partial charge < -0.3 is 9.64 Å². The zero-order valence-electron chi connectivity index (χ0n) is 13.3. The number of ether oxygens (including phenoxy) is 1. The first-order chi connectivity index (χ1) is 11.7. The van der Waals surface area contributed by atoms with Crippen LogP contribution in [0.2, 0.25) is 5.02 Å². The van der Waals surface area contributed by atoms with Crippen LogP contribution in [0.3, 0.4) is 0 Å². The normalized spacial score (nSPS) is 18.1. The van der Waals surface area contributed by atoms with E-state index in [-0.39, 0.29) is 6.10 Å². The van der Waals surface area contributed by atoms with E-state index in [1.54, 1.807) is 6.20 Å². The summed E-state index contributed by atoms with van der Waals surface area (Å²) in [6.45, 7) is 4.08. The first kappa shape index (κ1) is 15.3. The third-order valence-electron chi connectivity index (χ3n) is 4.17. The molecule has 1 aliphatic rings. The Kier molecular flexibility index (Phi) is 4.04. The summed E-state index contributed by atoms with van der Waals surface area (Å²) in [7, 11) is 0. The molecule has 1 saturated heterocycles. The molecule has 0 aliphatic carbocycles. The van der Waals surface area contributed by atoms with Gasteiger partial charge in [0.15, 0.2) is 5.65 Å². The molecule has 1 fully saturated rings. The minimum atomic E-state index is -0.00184. The van der Waals surface area contributed by atoms with Crippen LogP contribution in [0.1, 0.15) is 17.5 Å². The van der Waals surface area contributed by atoms with Crippen LogP contribution < -0.4 is 4.90 Å². The molecular weight excluding hydrogens is 324 g/mol. The number of hydrogen-bond donors (Lipinski definition) is 0. The molecule has 3 aromatic rings. The van der Waals surface area contributed by atoms with E-state index in [4.69, 9.17) is 16.3 Å². The highest BCUT2D eigenvalue weighted by Crippen LogP contribution is 2.29. The van der Waals surface area contributed by atoms with Crippen LogP contribution in [0.4, 0.5) is 5.82 Å². The van der Waals surface area contributed by atoms with Gasteiger partial charge in [-0.15, -0.1) is 0 Å². The lowest BCUT2D eigenvalue weighted by molar-refractivity contribution is 0.0396. The highest BCUT2D eigenvalue weighted by Gasteiger charge is 2.24. The standard InChI is InChI=1S/C18H17ClN4O/c1-12-21-17-15(3-2-8-20-17)18(22-12)23-9-10-24-16(11-23)13-4-6-14(19)7-5-13/h2-8,16H,9-11H2,1H3/t16-/m0/s1. The maximum Gasteiger partial charge on any atom is 0.164 e. The number of aryl methyl sites for hydroxylation is 1. The number of pyridine rings is 1. The van der Waals surface area contributed by atoms with Crippen LogP contribution in [0, 0.1) is 6.92 Å². The number of morpholine rings is 1. The monoisotopic (exact) mass is 340 g/mol. The molecule has 0 amide bonds. The minimum absolute atomic E-state index is 0.00184. The van der Waals surface area contributed by atoms with Gasteiger partial charge in [0.05, 0.1) is 12.0 Å². The number of fused-ring (bicyclic) bond motifs is 1. The second-order valence-corrected chi connectivity index (χ2v) is 6.26. The molecule has 24 heavy (non-hydrogen) atoms. The van der Waals surface area contributed by atoms with Crippen LogP contribution in [0.5, 0.6) is 0 Å². The van der Waals surface area contributed by atoms with Gasteiger partial charge >= 0.3 is 0 Å². The maximum absolute atomic E-state index is 5.98. The molecular formula is C18H17ClN4O. The molecule has 3 heterocycles. The van der Waals surface area contributed by atoms with Gasteiger partial charge in [-0.1, -0.05) is 23.7 Å². The Labute approximate surface area is 145 Å². The van der Waals surface area contributed by atoms with Gasteiger partial charge in [0.25, 0.3) is 0 Å². The van der Waals surface area contributed by atoms with E-state index in [1.165, 1.54) is 0 Å². The first-order valence-corrected chi connectivity index (χ1v) is 8.30. The quantitative estimate of drug-likeness (QED) is 0.714. The summed E-state index contributed by atoms with van der Waals surface area (Å²) in [5, 5.41) is 1.70. The second kappa shape index (κ2) is 6.34. The van der Waals surface area contributed by atoms with Crippen LogP contribution in [-0.4, -0.2) is 34.6 Å². The van der Waals surface area contributed by atoms with E-state index in [0.29, 0.717) is 6.61 Å². The van der Waals surface area contributed by atoms with Crippen molar-refractivity contribution in [3.63, 3.8) is 0 Å². The summed E-state index contributed by atoms with van der Waals surface area (Å²) >= 11 is 5.98. The molecule has 4 rings (SSSR count). The Bertz CT molecular complexity index is 869. The Morgan fingerprint density at radius 2 is 2.00 bits per heavy atom. The average Bonchev–Trinajstić information content (AvgIpc) is 2.62. The fourth-order valence-corrected chi connectivity index (χ4v) is 3.14. The van der Waals surface area contributed by atoms with Crippen LogP contribution in [0.25, 0.3) is 11.0 Å². The third-order valence-corrected chi connectivity index (χ3v) is 4.42. The molecule has 1 aliphatic heterocycles. The van der Waals surface area contributed by atoms with Crippen molar-refractivity contribution in [3.8, 4) is 0 Å². The van der Waals surface area contributed by atoms with Crippen molar-refractivity contribution in [3.05, 3.63) is 59.0 Å². The molecule has 0 unspecified atom stereocenters. The Balaban J connectivity index is 1.68. The van der Waals surface area contributed by atoms with Crippen molar-refractivity contribution in [2.45, 2.75) is 13.0 Å². The summed E-state index contributed by atoms with van der Waals surface area (Å²) in [5.74, 6) is 1.65. The minimum Gasteiger partial charge on any atom is -0.370 e. The van der Waals surface area contributed by atoms with Crippen molar-refractivity contribution in [1.29, 1.82) is 0 Å². The lowest BCUT2D eigenvalue weighted by Gasteiger charge is -2.34.